The molecule has 7 nitrogen and oxygen atoms in total. The second-order valence-electron chi connectivity index (χ2n) is 7.20. The molecule has 34 heavy (non-hydrogen) atoms. The van der Waals surface area contributed by atoms with Crippen LogP contribution in [0.15, 0.2) is 75.0 Å². The van der Waals surface area contributed by atoms with Gasteiger partial charge in [0, 0.05) is 18.2 Å². The van der Waals surface area contributed by atoms with Gasteiger partial charge in [0.2, 0.25) is 0 Å². The number of ether oxygens (including phenoxy) is 1. The zero-order chi connectivity index (χ0) is 24.1. The summed E-state index contributed by atoms with van der Waals surface area (Å²) < 4.78 is 11.3. The zero-order valence-electron chi connectivity index (χ0n) is 18.2. The van der Waals surface area contributed by atoms with E-state index in [1.165, 1.54) is 23.9 Å². The van der Waals surface area contributed by atoms with E-state index in [1.54, 1.807) is 29.2 Å². The molecule has 0 aliphatic carbocycles. The quantitative estimate of drug-likeness (QED) is 0.306. The van der Waals surface area contributed by atoms with Gasteiger partial charge in [0.15, 0.2) is 5.17 Å². The van der Waals surface area contributed by atoms with Crippen LogP contribution in [0.4, 0.5) is 5.69 Å². The summed E-state index contributed by atoms with van der Waals surface area (Å²) in [5.41, 5.74) is 1.31. The van der Waals surface area contributed by atoms with Gasteiger partial charge in [0.25, 0.3) is 5.91 Å². The largest absolute Gasteiger partial charge is 0.478 e. The number of para-hydroxylation sites is 1. The predicted molar refractivity (Wildman–Crippen MR) is 133 cm³/mol. The SMILES string of the molecule is CCOCCN1C(=O)/C(=C\c2ccc(-c3ccc(Cl)c(C(=O)O)c3)o2)SC1=Nc1ccccc1. The maximum Gasteiger partial charge on any atom is 0.337 e. The molecule has 1 amide bonds. The Kier molecular flexibility index (Phi) is 7.52. The standard InChI is InChI=1S/C25H21ClN2O5S/c1-2-32-13-12-28-23(29)22(34-25(28)27-17-6-4-3-5-7-17)15-18-9-11-21(33-18)16-8-10-20(26)19(14-16)24(30)31/h3-11,14-15H,2,12-13H2,1H3,(H,30,31)/b22-15+,27-25?. The molecule has 9 heteroatoms. The number of carboxylic acids is 1. The van der Waals surface area contributed by atoms with E-state index in [2.05, 4.69) is 4.99 Å². The molecule has 1 saturated heterocycles. The van der Waals surface area contributed by atoms with Crippen molar-refractivity contribution in [3.8, 4) is 11.3 Å². The van der Waals surface area contributed by atoms with Gasteiger partial charge in [-0.25, -0.2) is 9.79 Å². The number of nitrogens with zero attached hydrogens (tertiary/aromatic N) is 2. The van der Waals surface area contributed by atoms with E-state index in [9.17, 15) is 14.7 Å². The van der Waals surface area contributed by atoms with Gasteiger partial charge in [0.05, 0.1) is 34.3 Å². The highest BCUT2D eigenvalue weighted by Crippen LogP contribution is 2.35. The van der Waals surface area contributed by atoms with Crippen molar-refractivity contribution in [1.82, 2.24) is 4.90 Å². The number of rotatable bonds is 8. The Morgan fingerprint density at radius 1 is 1.21 bits per heavy atom. The molecule has 2 heterocycles. The third-order valence-corrected chi connectivity index (χ3v) is 6.25. The van der Waals surface area contributed by atoms with E-state index < -0.39 is 5.97 Å². The average molecular weight is 497 g/mol. The van der Waals surface area contributed by atoms with Gasteiger partial charge in [0.1, 0.15) is 11.5 Å². The number of amides is 1. The first-order chi connectivity index (χ1) is 16.5. The molecular weight excluding hydrogens is 476 g/mol. The van der Waals surface area contributed by atoms with Crippen LogP contribution in [0, 0.1) is 0 Å². The number of halogens is 1. The molecule has 0 unspecified atom stereocenters. The Balaban J connectivity index is 1.61. The first kappa shape index (κ1) is 23.8. The van der Waals surface area contributed by atoms with Crippen LogP contribution in [-0.4, -0.2) is 46.8 Å². The number of benzene rings is 2. The fourth-order valence-electron chi connectivity index (χ4n) is 3.26. The number of hydrogen-bond acceptors (Lipinski definition) is 6. The van der Waals surface area contributed by atoms with Crippen molar-refractivity contribution in [1.29, 1.82) is 0 Å². The lowest BCUT2D eigenvalue weighted by Gasteiger charge is -2.15. The van der Waals surface area contributed by atoms with Crippen molar-refractivity contribution in [2.75, 3.05) is 19.8 Å². The average Bonchev–Trinajstić information content (AvgIpc) is 3.40. The van der Waals surface area contributed by atoms with Crippen LogP contribution in [0.5, 0.6) is 0 Å². The van der Waals surface area contributed by atoms with E-state index in [4.69, 9.17) is 20.8 Å². The minimum Gasteiger partial charge on any atom is -0.478 e. The van der Waals surface area contributed by atoms with Crippen LogP contribution in [-0.2, 0) is 9.53 Å². The molecule has 0 bridgehead atoms. The molecule has 3 aromatic rings. The lowest BCUT2D eigenvalue weighted by molar-refractivity contribution is -0.122. The van der Waals surface area contributed by atoms with Gasteiger partial charge in [-0.15, -0.1) is 0 Å². The van der Waals surface area contributed by atoms with E-state index in [-0.39, 0.29) is 16.5 Å². The van der Waals surface area contributed by atoms with Crippen LogP contribution in [0.2, 0.25) is 5.02 Å². The highest BCUT2D eigenvalue weighted by Gasteiger charge is 2.33. The molecule has 2 aromatic carbocycles. The Hall–Kier alpha value is -3.33. The maximum absolute atomic E-state index is 13.1. The molecule has 0 atom stereocenters. The Morgan fingerprint density at radius 2 is 2.00 bits per heavy atom. The molecule has 174 valence electrons. The van der Waals surface area contributed by atoms with E-state index >= 15 is 0 Å². The van der Waals surface area contributed by atoms with Crippen LogP contribution >= 0.6 is 23.4 Å². The summed E-state index contributed by atoms with van der Waals surface area (Å²) in [7, 11) is 0. The van der Waals surface area contributed by atoms with Crippen LogP contribution in [0.25, 0.3) is 17.4 Å². The number of furan rings is 1. The molecule has 1 aliphatic rings. The normalized spacial score (nSPS) is 16.1. The number of thioether (sulfide) groups is 1. The van der Waals surface area contributed by atoms with Crippen molar-refractivity contribution in [2.24, 2.45) is 4.99 Å². The monoisotopic (exact) mass is 496 g/mol. The summed E-state index contributed by atoms with van der Waals surface area (Å²) in [4.78, 5) is 31.2. The summed E-state index contributed by atoms with van der Waals surface area (Å²) in [6, 6.07) is 17.5. The molecule has 0 radical (unpaired) electrons. The van der Waals surface area contributed by atoms with Crippen LogP contribution < -0.4 is 0 Å². The fraction of sp³-hybridized carbons (Fsp3) is 0.160. The minimum atomic E-state index is -1.12. The summed E-state index contributed by atoms with van der Waals surface area (Å²) in [6.07, 6.45) is 1.66. The number of aromatic carboxylic acids is 1. The van der Waals surface area contributed by atoms with Gasteiger partial charge in [-0.3, -0.25) is 9.69 Å². The van der Waals surface area contributed by atoms with Crippen molar-refractivity contribution in [2.45, 2.75) is 6.92 Å². The first-order valence-electron chi connectivity index (χ1n) is 10.5. The molecular formula is C25H21ClN2O5S. The van der Waals surface area contributed by atoms with Gasteiger partial charge in [-0.2, -0.15) is 0 Å². The topological polar surface area (TPSA) is 92.3 Å². The Labute approximate surface area is 205 Å². The molecule has 1 aromatic heterocycles. The number of aliphatic imine (C=N–C) groups is 1. The second-order valence-corrected chi connectivity index (χ2v) is 8.61. The number of hydrogen-bond donors (Lipinski definition) is 1. The third-order valence-electron chi connectivity index (χ3n) is 4.91. The number of carbonyl (C=O) groups is 2. The van der Waals surface area contributed by atoms with Crippen molar-refractivity contribution in [3.05, 3.63) is 81.9 Å². The molecule has 4 rings (SSSR count). The maximum atomic E-state index is 13.1. The predicted octanol–water partition coefficient (Wildman–Crippen LogP) is 5.94. The lowest BCUT2D eigenvalue weighted by Crippen LogP contribution is -2.32. The molecule has 0 spiro atoms. The van der Waals surface area contributed by atoms with Crippen molar-refractivity contribution >= 4 is 52.2 Å². The smallest absolute Gasteiger partial charge is 0.337 e. The third kappa shape index (κ3) is 5.41. The fourth-order valence-corrected chi connectivity index (χ4v) is 4.46. The zero-order valence-corrected chi connectivity index (χ0v) is 19.8. The second kappa shape index (κ2) is 10.7. The lowest BCUT2D eigenvalue weighted by atomic mass is 10.1. The number of carboxylic acid groups (broad SMARTS) is 1. The summed E-state index contributed by atoms with van der Waals surface area (Å²) in [5, 5.41) is 10.0. The molecule has 1 fully saturated rings. The summed E-state index contributed by atoms with van der Waals surface area (Å²) >= 11 is 7.22. The Bertz CT molecular complexity index is 1270. The summed E-state index contributed by atoms with van der Waals surface area (Å²) in [5.74, 6) is -0.376. The van der Waals surface area contributed by atoms with E-state index in [0.29, 0.717) is 46.9 Å². The highest BCUT2D eigenvalue weighted by atomic mass is 35.5. The molecule has 1 aliphatic heterocycles. The van der Waals surface area contributed by atoms with Gasteiger partial charge in [-0.05, 0) is 61.2 Å². The van der Waals surface area contributed by atoms with Crippen LogP contribution in [0.3, 0.4) is 0 Å². The molecule has 1 N–H and O–H groups in total. The minimum absolute atomic E-state index is 0.0105. The van der Waals surface area contributed by atoms with E-state index in [0.717, 1.165) is 5.69 Å². The van der Waals surface area contributed by atoms with Crippen LogP contribution in [0.1, 0.15) is 23.0 Å². The highest BCUT2D eigenvalue weighted by molar-refractivity contribution is 8.18. The first-order valence-corrected chi connectivity index (χ1v) is 11.7. The van der Waals surface area contributed by atoms with Crippen molar-refractivity contribution < 1.29 is 23.8 Å². The molecule has 0 saturated carbocycles. The van der Waals surface area contributed by atoms with Gasteiger partial charge in [-0.1, -0.05) is 29.8 Å². The van der Waals surface area contributed by atoms with Crippen molar-refractivity contribution in [3.63, 3.8) is 0 Å². The number of amidine groups is 1. The number of carbonyl (C=O) groups excluding carboxylic acids is 1. The van der Waals surface area contributed by atoms with Gasteiger partial charge < -0.3 is 14.3 Å². The summed E-state index contributed by atoms with van der Waals surface area (Å²) in [6.45, 7) is 3.25. The Morgan fingerprint density at radius 3 is 2.74 bits per heavy atom. The van der Waals surface area contributed by atoms with Gasteiger partial charge >= 0.3 is 5.97 Å². The van der Waals surface area contributed by atoms with E-state index in [1.807, 2.05) is 37.3 Å².